The fourth-order valence-electron chi connectivity index (χ4n) is 2.42. The van der Waals surface area contributed by atoms with Crippen molar-refractivity contribution in [3.8, 4) is 0 Å². The first-order valence-electron chi connectivity index (χ1n) is 7.00. The Labute approximate surface area is 122 Å². The second-order valence-electron chi connectivity index (χ2n) is 5.21. The number of pyridine rings is 1. The molecule has 0 aliphatic carbocycles. The van der Waals surface area contributed by atoms with Gasteiger partial charge in [-0.05, 0) is 32.9 Å². The molecule has 1 fully saturated rings. The van der Waals surface area contributed by atoms with Crippen molar-refractivity contribution in [2.24, 2.45) is 0 Å². The highest BCUT2D eigenvalue weighted by Crippen LogP contribution is 2.30. The molecule has 2 rings (SSSR count). The average molecular weight is 303 g/mol. The van der Waals surface area contributed by atoms with E-state index in [-0.39, 0.29) is 6.54 Å². The van der Waals surface area contributed by atoms with Crippen LogP contribution in [0, 0.1) is 6.92 Å². The van der Waals surface area contributed by atoms with E-state index in [2.05, 4.69) is 10.3 Å². The van der Waals surface area contributed by atoms with E-state index in [1.54, 1.807) is 17.9 Å². The fraction of sp³-hybridized carbons (Fsp3) is 0.643. The van der Waals surface area contributed by atoms with Gasteiger partial charge in [0.25, 0.3) is 0 Å². The zero-order chi connectivity index (χ0) is 15.6. The van der Waals surface area contributed by atoms with Crippen LogP contribution in [0.25, 0.3) is 0 Å². The summed E-state index contributed by atoms with van der Waals surface area (Å²) in [6, 6.07) is 3.60. The molecule has 1 N–H and O–H groups in total. The maximum Gasteiger partial charge on any atom is 0.416 e. The molecular formula is C14H20F3N3O. The molecule has 4 nitrogen and oxygen atoms in total. The number of nitrogens with zero attached hydrogens (tertiary/aromatic N) is 2. The Balaban J connectivity index is 2.18. The lowest BCUT2D eigenvalue weighted by Gasteiger charge is -2.38. The molecule has 118 valence electrons. The van der Waals surface area contributed by atoms with Gasteiger partial charge >= 0.3 is 6.18 Å². The Kier molecular flexibility index (Phi) is 4.61. The average Bonchev–Trinajstić information content (AvgIpc) is 2.39. The maximum atomic E-state index is 12.9. The van der Waals surface area contributed by atoms with Crippen molar-refractivity contribution in [1.82, 2.24) is 4.98 Å². The number of anilines is 2. The number of morpholine rings is 1. The summed E-state index contributed by atoms with van der Waals surface area (Å²) >= 11 is 0. The van der Waals surface area contributed by atoms with Crippen molar-refractivity contribution < 1.29 is 17.9 Å². The third-order valence-corrected chi connectivity index (χ3v) is 3.39. The van der Waals surface area contributed by atoms with Gasteiger partial charge in [0.2, 0.25) is 0 Å². The predicted octanol–water partition coefficient (Wildman–Crippen LogP) is 2.98. The van der Waals surface area contributed by atoms with Crippen molar-refractivity contribution in [2.75, 3.05) is 29.9 Å². The molecule has 0 radical (unpaired) electrons. The Bertz CT molecular complexity index is 493. The number of rotatable bonds is 3. The summed E-state index contributed by atoms with van der Waals surface area (Å²) in [6.07, 6.45) is -6.61. The molecular weight excluding hydrogens is 283 g/mol. The third-order valence-electron chi connectivity index (χ3n) is 3.39. The summed E-state index contributed by atoms with van der Waals surface area (Å²) < 4.78 is 43.6. The highest BCUT2D eigenvalue weighted by molar-refractivity contribution is 5.53. The highest BCUT2D eigenvalue weighted by atomic mass is 19.4. The summed E-state index contributed by atoms with van der Waals surface area (Å²) in [5.41, 5.74) is 1.67. The zero-order valence-electron chi connectivity index (χ0n) is 12.4. The molecule has 0 saturated carbocycles. The number of aromatic nitrogens is 1. The molecule has 1 aliphatic rings. The second-order valence-corrected chi connectivity index (χ2v) is 5.21. The van der Waals surface area contributed by atoms with Crippen molar-refractivity contribution in [1.29, 1.82) is 0 Å². The van der Waals surface area contributed by atoms with Crippen LogP contribution >= 0.6 is 0 Å². The summed E-state index contributed by atoms with van der Waals surface area (Å²) in [5, 5.41) is 3.16. The number of ether oxygens (including phenoxy) is 1. The normalized spacial score (nSPS) is 23.2. The van der Waals surface area contributed by atoms with Crippen LogP contribution in [0.1, 0.15) is 19.5 Å². The summed E-state index contributed by atoms with van der Waals surface area (Å²) in [4.78, 5) is 6.04. The van der Waals surface area contributed by atoms with E-state index in [1.807, 2.05) is 19.9 Å². The number of alkyl halides is 3. The number of aryl methyl sites for hydroxylation is 1. The van der Waals surface area contributed by atoms with Gasteiger partial charge in [-0.25, -0.2) is 4.98 Å². The van der Waals surface area contributed by atoms with E-state index < -0.39 is 18.4 Å². The van der Waals surface area contributed by atoms with Crippen molar-refractivity contribution >= 4 is 11.5 Å². The molecule has 21 heavy (non-hydrogen) atoms. The molecule has 0 bridgehead atoms. The van der Waals surface area contributed by atoms with Crippen LogP contribution in [-0.4, -0.2) is 43.0 Å². The number of hydrogen-bond acceptors (Lipinski definition) is 4. The van der Waals surface area contributed by atoms with Crippen LogP contribution in [0.15, 0.2) is 12.1 Å². The van der Waals surface area contributed by atoms with Crippen LogP contribution in [0.2, 0.25) is 0 Å². The van der Waals surface area contributed by atoms with Crippen molar-refractivity contribution in [3.63, 3.8) is 0 Å². The van der Waals surface area contributed by atoms with Crippen molar-refractivity contribution in [2.45, 2.75) is 39.2 Å². The highest BCUT2D eigenvalue weighted by Gasteiger charge is 2.45. The van der Waals surface area contributed by atoms with Gasteiger partial charge in [-0.15, -0.1) is 0 Å². The van der Waals surface area contributed by atoms with E-state index in [4.69, 9.17) is 4.74 Å². The predicted molar refractivity (Wildman–Crippen MR) is 75.7 cm³/mol. The monoisotopic (exact) mass is 303 g/mol. The first-order valence-corrected chi connectivity index (χ1v) is 7.00. The van der Waals surface area contributed by atoms with Gasteiger partial charge in [0.15, 0.2) is 6.10 Å². The molecule has 2 heterocycles. The first-order chi connectivity index (χ1) is 9.81. The third kappa shape index (κ3) is 3.78. The minimum Gasteiger partial charge on any atom is -0.384 e. The molecule has 1 aliphatic heterocycles. The van der Waals surface area contributed by atoms with E-state index in [0.29, 0.717) is 12.4 Å². The lowest BCUT2D eigenvalue weighted by Crippen LogP contribution is -2.52. The topological polar surface area (TPSA) is 37.4 Å². The van der Waals surface area contributed by atoms with Crippen molar-refractivity contribution in [3.05, 3.63) is 17.8 Å². The lowest BCUT2D eigenvalue weighted by molar-refractivity contribution is -0.233. The van der Waals surface area contributed by atoms with Gasteiger partial charge in [0, 0.05) is 13.1 Å². The smallest absolute Gasteiger partial charge is 0.384 e. The van der Waals surface area contributed by atoms with Gasteiger partial charge in [0.05, 0.1) is 24.0 Å². The number of halogens is 3. The summed E-state index contributed by atoms with van der Waals surface area (Å²) in [5.74, 6) is 0.554. The van der Waals surface area contributed by atoms with E-state index in [9.17, 15) is 13.2 Å². The maximum absolute atomic E-state index is 12.9. The van der Waals surface area contributed by atoms with Crippen LogP contribution in [0.4, 0.5) is 24.7 Å². The van der Waals surface area contributed by atoms with Gasteiger partial charge in [-0.1, -0.05) is 0 Å². The van der Waals surface area contributed by atoms with Gasteiger partial charge in [-0.3, -0.25) is 0 Å². The molecule has 0 aromatic carbocycles. The van der Waals surface area contributed by atoms with Crippen LogP contribution in [0.3, 0.4) is 0 Å². The Morgan fingerprint density at radius 2 is 2.10 bits per heavy atom. The quantitative estimate of drug-likeness (QED) is 0.931. The zero-order valence-corrected chi connectivity index (χ0v) is 12.4. The van der Waals surface area contributed by atoms with Crippen LogP contribution in [0.5, 0.6) is 0 Å². The minimum atomic E-state index is -4.36. The van der Waals surface area contributed by atoms with Gasteiger partial charge in [0.1, 0.15) is 5.82 Å². The molecule has 7 heteroatoms. The van der Waals surface area contributed by atoms with E-state index in [1.165, 1.54) is 0 Å². The molecule has 1 aromatic heterocycles. The number of nitrogens with one attached hydrogen (secondary N) is 1. The van der Waals surface area contributed by atoms with Gasteiger partial charge < -0.3 is 15.0 Å². The summed E-state index contributed by atoms with van der Waals surface area (Å²) in [7, 11) is 0. The molecule has 0 spiro atoms. The Hall–Kier alpha value is -1.50. The molecule has 2 atom stereocenters. The Morgan fingerprint density at radius 1 is 1.38 bits per heavy atom. The molecule has 1 saturated heterocycles. The first kappa shape index (κ1) is 15.9. The Morgan fingerprint density at radius 3 is 2.67 bits per heavy atom. The van der Waals surface area contributed by atoms with Crippen LogP contribution in [-0.2, 0) is 4.74 Å². The lowest BCUT2D eigenvalue weighted by atomic mass is 10.2. The largest absolute Gasteiger partial charge is 0.416 e. The second kappa shape index (κ2) is 6.09. The van der Waals surface area contributed by atoms with Crippen LogP contribution < -0.4 is 10.2 Å². The molecule has 2 unspecified atom stereocenters. The number of hydrogen-bond donors (Lipinski definition) is 1. The molecule has 1 aromatic rings. The fourth-order valence-corrected chi connectivity index (χ4v) is 2.42. The molecule has 0 amide bonds. The summed E-state index contributed by atoms with van der Waals surface area (Å²) in [6.45, 7) is 6.41. The van der Waals surface area contributed by atoms with Gasteiger partial charge in [-0.2, -0.15) is 13.2 Å². The van der Waals surface area contributed by atoms with E-state index in [0.717, 1.165) is 17.9 Å². The standard InChI is InChI=1S/C14H20F3N3O/c1-4-18-11-5-6-13(19-10(11)3)20-7-9(2)21-12(8-20)14(15,16)17/h5-6,9,12,18H,4,7-8H2,1-3H3. The van der Waals surface area contributed by atoms with E-state index >= 15 is 0 Å². The minimum absolute atomic E-state index is 0.221. The SMILES string of the molecule is CCNc1ccc(N2CC(C)OC(C(F)(F)F)C2)nc1C.